The first kappa shape index (κ1) is 13.6. The van der Waals surface area contributed by atoms with Gasteiger partial charge in [-0.25, -0.2) is 0 Å². The van der Waals surface area contributed by atoms with Crippen molar-refractivity contribution in [2.24, 2.45) is 0 Å². The zero-order chi connectivity index (χ0) is 11.8. The van der Waals surface area contributed by atoms with Crippen LogP contribution in [0.1, 0.15) is 39.1 Å². The predicted molar refractivity (Wildman–Crippen MR) is 64.0 cm³/mol. The van der Waals surface area contributed by atoms with Crippen LogP contribution in [0.4, 0.5) is 0 Å². The topological polar surface area (TPSA) is 38.9 Å². The zero-order valence-corrected chi connectivity index (χ0v) is 10.5. The maximum absolute atomic E-state index is 4.98. The highest BCUT2D eigenvalue weighted by Crippen LogP contribution is 2.16. The molecule has 0 radical (unpaired) electrons. The average Bonchev–Trinajstić information content (AvgIpc) is 2.66. The van der Waals surface area contributed by atoms with Crippen LogP contribution in [0.5, 0.6) is 0 Å². The Morgan fingerprint density at radius 1 is 1.07 bits per heavy atom. The van der Waals surface area contributed by atoms with Gasteiger partial charge in [0.05, 0.1) is 6.20 Å². The summed E-state index contributed by atoms with van der Waals surface area (Å²) in [6.45, 7) is 11.8. The average molecular weight is 208 g/mol. The number of hydrogen-bond donors (Lipinski definition) is 0. The Morgan fingerprint density at radius 2 is 1.67 bits per heavy atom. The molecule has 2 heterocycles. The van der Waals surface area contributed by atoms with E-state index < -0.39 is 0 Å². The number of pyridine rings is 1. The van der Waals surface area contributed by atoms with Gasteiger partial charge in [-0.1, -0.05) is 32.9 Å². The van der Waals surface area contributed by atoms with Gasteiger partial charge in [0.15, 0.2) is 0 Å². The second-order valence-corrected chi connectivity index (χ2v) is 2.58. The number of fused-ring (bicyclic) bond motifs is 1. The van der Waals surface area contributed by atoms with Crippen molar-refractivity contribution in [1.82, 2.24) is 10.1 Å². The zero-order valence-electron chi connectivity index (χ0n) is 10.5. The van der Waals surface area contributed by atoms with Gasteiger partial charge in [-0.15, -0.1) is 0 Å². The number of nitrogens with zero attached hydrogens (tertiary/aromatic N) is 2. The molecule has 2 rings (SSSR count). The quantitative estimate of drug-likeness (QED) is 0.659. The highest BCUT2D eigenvalue weighted by Gasteiger charge is 2.02. The highest BCUT2D eigenvalue weighted by atomic mass is 16.5. The Labute approximate surface area is 91.5 Å². The van der Waals surface area contributed by atoms with Crippen molar-refractivity contribution < 1.29 is 4.52 Å². The van der Waals surface area contributed by atoms with Crippen molar-refractivity contribution in [1.29, 1.82) is 0 Å². The Bertz CT molecular complexity index is 393. The van der Waals surface area contributed by atoms with E-state index >= 15 is 0 Å². The molecular formula is C12H20N2O. The van der Waals surface area contributed by atoms with E-state index in [2.05, 4.69) is 10.1 Å². The lowest BCUT2D eigenvalue weighted by Gasteiger charge is -1.88. The first-order valence-electron chi connectivity index (χ1n) is 5.46. The molecule has 0 saturated carbocycles. The van der Waals surface area contributed by atoms with Crippen LogP contribution in [0.2, 0.25) is 0 Å². The van der Waals surface area contributed by atoms with Crippen molar-refractivity contribution in [3.8, 4) is 0 Å². The molecule has 0 aliphatic carbocycles. The van der Waals surface area contributed by atoms with E-state index in [4.69, 9.17) is 4.52 Å². The summed E-state index contributed by atoms with van der Waals surface area (Å²) in [7, 11) is 0. The van der Waals surface area contributed by atoms with Crippen LogP contribution in [0.15, 0.2) is 16.8 Å². The standard InChI is InChI=1S/C8H8N2O.2C2H6/c1-5-3-7-6(2)11-10-8(7)4-9-5;2*1-2/h3-4H,1-2H3;2*1-2H3. The maximum Gasteiger partial charge on any atom is 0.141 e. The summed E-state index contributed by atoms with van der Waals surface area (Å²) in [5.41, 5.74) is 1.82. The van der Waals surface area contributed by atoms with Crippen molar-refractivity contribution in [2.45, 2.75) is 41.5 Å². The van der Waals surface area contributed by atoms with E-state index in [0.717, 1.165) is 22.4 Å². The smallest absolute Gasteiger partial charge is 0.141 e. The lowest BCUT2D eigenvalue weighted by atomic mass is 10.2. The summed E-state index contributed by atoms with van der Waals surface area (Å²) in [5, 5.41) is 4.88. The van der Waals surface area contributed by atoms with Crippen LogP contribution < -0.4 is 0 Å². The third-order valence-electron chi connectivity index (χ3n) is 1.68. The van der Waals surface area contributed by atoms with E-state index in [1.165, 1.54) is 0 Å². The molecule has 0 unspecified atom stereocenters. The fourth-order valence-electron chi connectivity index (χ4n) is 1.07. The summed E-state index contributed by atoms with van der Waals surface area (Å²) in [5.74, 6) is 0.852. The minimum absolute atomic E-state index is 0.827. The molecule has 0 aliphatic rings. The molecule has 2 aromatic heterocycles. The summed E-state index contributed by atoms with van der Waals surface area (Å²) in [4.78, 5) is 4.10. The molecule has 0 aliphatic heterocycles. The fourth-order valence-corrected chi connectivity index (χ4v) is 1.07. The van der Waals surface area contributed by atoms with Crippen LogP contribution in [0.25, 0.3) is 10.9 Å². The minimum Gasteiger partial charge on any atom is -0.360 e. The molecule has 0 aromatic carbocycles. The first-order valence-corrected chi connectivity index (χ1v) is 5.46. The van der Waals surface area contributed by atoms with E-state index in [0.29, 0.717) is 0 Å². The Morgan fingerprint density at radius 3 is 2.27 bits per heavy atom. The first-order chi connectivity index (χ1) is 7.27. The van der Waals surface area contributed by atoms with Crippen molar-refractivity contribution in [2.75, 3.05) is 0 Å². The predicted octanol–water partition coefficient (Wildman–Crippen LogP) is 3.89. The van der Waals surface area contributed by atoms with Gasteiger partial charge in [-0.2, -0.15) is 0 Å². The number of hydrogen-bond acceptors (Lipinski definition) is 3. The maximum atomic E-state index is 4.98. The van der Waals surface area contributed by atoms with Crippen molar-refractivity contribution >= 4 is 10.9 Å². The lowest BCUT2D eigenvalue weighted by molar-refractivity contribution is 0.405. The summed E-state index contributed by atoms with van der Waals surface area (Å²) >= 11 is 0. The number of rotatable bonds is 0. The SMILES string of the molecule is CC.CC.Cc1cc2c(C)onc2cn1. The van der Waals surface area contributed by atoms with Crippen LogP contribution >= 0.6 is 0 Å². The molecule has 3 heteroatoms. The van der Waals surface area contributed by atoms with Gasteiger partial charge in [-0.05, 0) is 19.9 Å². The van der Waals surface area contributed by atoms with E-state index in [1.54, 1.807) is 6.20 Å². The second kappa shape index (κ2) is 6.98. The molecule has 84 valence electrons. The molecule has 0 atom stereocenters. The lowest BCUT2D eigenvalue weighted by Crippen LogP contribution is -1.78. The Hall–Kier alpha value is -1.38. The molecule has 15 heavy (non-hydrogen) atoms. The number of aromatic nitrogens is 2. The van der Waals surface area contributed by atoms with Crippen LogP contribution in [-0.4, -0.2) is 10.1 Å². The second-order valence-electron chi connectivity index (χ2n) is 2.58. The molecule has 2 aromatic rings. The molecule has 0 amide bonds. The normalized spacial score (nSPS) is 8.67. The summed E-state index contributed by atoms with van der Waals surface area (Å²) in [6, 6.07) is 1.97. The van der Waals surface area contributed by atoms with Gasteiger partial charge in [0.2, 0.25) is 0 Å². The van der Waals surface area contributed by atoms with Gasteiger partial charge in [0.25, 0.3) is 0 Å². The van der Waals surface area contributed by atoms with Crippen molar-refractivity contribution in [3.63, 3.8) is 0 Å². The third kappa shape index (κ3) is 3.35. The van der Waals surface area contributed by atoms with E-state index in [9.17, 15) is 0 Å². The Balaban J connectivity index is 0.000000442. The van der Waals surface area contributed by atoms with Gasteiger partial charge in [-0.3, -0.25) is 4.98 Å². The Kier molecular flexibility index (Phi) is 6.34. The minimum atomic E-state index is 0.827. The highest BCUT2D eigenvalue weighted by molar-refractivity contribution is 5.79. The fraction of sp³-hybridized carbons (Fsp3) is 0.500. The van der Waals surface area contributed by atoms with Crippen molar-refractivity contribution in [3.05, 3.63) is 23.7 Å². The number of aryl methyl sites for hydroxylation is 2. The van der Waals surface area contributed by atoms with Crippen LogP contribution in [0, 0.1) is 13.8 Å². The van der Waals surface area contributed by atoms with Crippen LogP contribution in [-0.2, 0) is 0 Å². The van der Waals surface area contributed by atoms with Gasteiger partial charge in [0, 0.05) is 11.1 Å². The molecule has 0 N–H and O–H groups in total. The molecule has 3 nitrogen and oxygen atoms in total. The van der Waals surface area contributed by atoms with Crippen LogP contribution in [0.3, 0.4) is 0 Å². The molecule has 0 saturated heterocycles. The molecule has 0 bridgehead atoms. The third-order valence-corrected chi connectivity index (χ3v) is 1.68. The van der Waals surface area contributed by atoms with Gasteiger partial charge < -0.3 is 4.52 Å². The van der Waals surface area contributed by atoms with Gasteiger partial charge >= 0.3 is 0 Å². The molecule has 0 spiro atoms. The molecule has 0 fully saturated rings. The van der Waals surface area contributed by atoms with E-state index in [-0.39, 0.29) is 0 Å². The largest absolute Gasteiger partial charge is 0.360 e. The van der Waals surface area contributed by atoms with Gasteiger partial charge in [0.1, 0.15) is 11.3 Å². The monoisotopic (exact) mass is 208 g/mol. The molecular weight excluding hydrogens is 188 g/mol. The van der Waals surface area contributed by atoms with E-state index in [1.807, 2.05) is 47.6 Å². The summed E-state index contributed by atoms with van der Waals surface area (Å²) < 4.78 is 4.98. The summed E-state index contributed by atoms with van der Waals surface area (Å²) in [6.07, 6.45) is 1.72.